The molecule has 3 aromatic heterocycles. The van der Waals surface area contributed by atoms with Gasteiger partial charge in [0.25, 0.3) is 0 Å². The molecule has 2 amide bonds. The second-order valence-electron chi connectivity index (χ2n) is 10.5. The highest BCUT2D eigenvalue weighted by atomic mass is 16.6. The monoisotopic (exact) mass is 614 g/mol. The largest absolute Gasteiger partial charge is 0.479 e. The van der Waals surface area contributed by atoms with E-state index in [9.17, 15) is 24.3 Å². The highest BCUT2D eigenvalue weighted by Gasteiger charge is 2.53. The van der Waals surface area contributed by atoms with Gasteiger partial charge in [0.1, 0.15) is 13.2 Å². The fourth-order valence-electron chi connectivity index (χ4n) is 4.45. The molecule has 45 heavy (non-hydrogen) atoms. The Balaban J connectivity index is 1.53. The molecule has 0 unspecified atom stereocenters. The molecule has 0 spiro atoms. The SMILES string of the molecule is C[C@H](N)C(=O)N(C(=O)OCc1ccccc1)[C@@](C)(C(=O)O)C(=O)Cn1cc(CN(Cc2ccccn2)Cc2ccccn2)nn1. The van der Waals surface area contributed by atoms with Crippen molar-refractivity contribution in [3.05, 3.63) is 108 Å². The topological polar surface area (TPSA) is 187 Å². The van der Waals surface area contributed by atoms with Crippen LogP contribution < -0.4 is 5.73 Å². The molecule has 0 aliphatic rings. The van der Waals surface area contributed by atoms with Crippen LogP contribution >= 0.6 is 0 Å². The standard InChI is InChI=1S/C31H34N8O6/c1-22(32)28(41)39(30(44)45-21-23-10-4-3-5-11-23)31(2,29(42)43)27(40)20-38-19-26(35-36-38)18-37(16-24-12-6-8-14-33-24)17-25-13-7-9-15-34-25/h3-15,19,22H,16-18,20-21,32H2,1-2H3,(H,42,43)/t22-,31+/m0/s1. The minimum atomic E-state index is -2.66. The van der Waals surface area contributed by atoms with E-state index in [-0.39, 0.29) is 11.5 Å². The summed E-state index contributed by atoms with van der Waals surface area (Å²) in [7, 11) is 0. The Morgan fingerprint density at radius 3 is 2.02 bits per heavy atom. The van der Waals surface area contributed by atoms with Crippen LogP contribution in [0.5, 0.6) is 0 Å². The van der Waals surface area contributed by atoms with Gasteiger partial charge in [-0.25, -0.2) is 19.2 Å². The first-order valence-corrected chi connectivity index (χ1v) is 14.1. The Morgan fingerprint density at radius 2 is 1.49 bits per heavy atom. The number of pyridine rings is 2. The normalized spacial score (nSPS) is 13.1. The zero-order valence-electron chi connectivity index (χ0n) is 24.9. The van der Waals surface area contributed by atoms with Gasteiger partial charge in [0, 0.05) is 32.0 Å². The number of aromatic nitrogens is 5. The van der Waals surface area contributed by atoms with E-state index >= 15 is 0 Å². The summed E-state index contributed by atoms with van der Waals surface area (Å²) in [6.07, 6.45) is 3.58. The number of Topliss-reactive ketones (excluding diaryl/α,β-unsaturated/α-hetero) is 1. The van der Waals surface area contributed by atoms with Crippen LogP contribution in [0.15, 0.2) is 85.3 Å². The molecule has 0 fully saturated rings. The van der Waals surface area contributed by atoms with Crippen molar-refractivity contribution in [2.24, 2.45) is 5.73 Å². The van der Waals surface area contributed by atoms with E-state index < -0.39 is 41.9 Å². The van der Waals surface area contributed by atoms with Gasteiger partial charge in [-0.05, 0) is 43.7 Å². The van der Waals surface area contributed by atoms with Crippen molar-refractivity contribution in [1.29, 1.82) is 0 Å². The number of ketones is 1. The molecule has 4 aromatic rings. The Hall–Kier alpha value is -5.34. The number of aliphatic carboxylic acids is 1. The van der Waals surface area contributed by atoms with Gasteiger partial charge in [0.2, 0.25) is 11.4 Å². The van der Waals surface area contributed by atoms with Crippen LogP contribution in [-0.4, -0.2) is 75.2 Å². The number of benzene rings is 1. The Morgan fingerprint density at radius 1 is 0.911 bits per heavy atom. The van der Waals surface area contributed by atoms with E-state index in [0.717, 1.165) is 23.0 Å². The molecule has 0 aliphatic heterocycles. The fraction of sp³-hybridized carbons (Fsp3) is 0.290. The molecule has 0 saturated heterocycles. The summed E-state index contributed by atoms with van der Waals surface area (Å²) in [5.41, 5.74) is 5.82. The van der Waals surface area contributed by atoms with Gasteiger partial charge in [-0.15, -0.1) is 5.10 Å². The third kappa shape index (κ3) is 8.40. The second-order valence-corrected chi connectivity index (χ2v) is 10.5. The summed E-state index contributed by atoms with van der Waals surface area (Å²) in [4.78, 5) is 63.5. The third-order valence-corrected chi connectivity index (χ3v) is 6.91. The van der Waals surface area contributed by atoms with Crippen molar-refractivity contribution in [3.63, 3.8) is 0 Å². The number of nitrogens with two attached hydrogens (primary N) is 1. The van der Waals surface area contributed by atoms with Gasteiger partial charge >= 0.3 is 12.1 Å². The van der Waals surface area contributed by atoms with Gasteiger partial charge in [-0.3, -0.25) is 24.5 Å². The first-order valence-electron chi connectivity index (χ1n) is 14.1. The van der Waals surface area contributed by atoms with Crippen molar-refractivity contribution >= 4 is 23.8 Å². The highest BCUT2D eigenvalue weighted by Crippen LogP contribution is 2.22. The predicted molar refractivity (Wildman–Crippen MR) is 160 cm³/mol. The maximum absolute atomic E-state index is 13.6. The zero-order valence-corrected chi connectivity index (χ0v) is 24.9. The molecule has 4 rings (SSSR count). The fourth-order valence-corrected chi connectivity index (χ4v) is 4.45. The lowest BCUT2D eigenvalue weighted by Gasteiger charge is -2.35. The number of ether oxygens (including phenoxy) is 1. The predicted octanol–water partition coefficient (Wildman–Crippen LogP) is 2.20. The average molecular weight is 615 g/mol. The van der Waals surface area contributed by atoms with Crippen LogP contribution in [0.4, 0.5) is 4.79 Å². The van der Waals surface area contributed by atoms with Crippen molar-refractivity contribution in [1.82, 2.24) is 34.8 Å². The third-order valence-electron chi connectivity index (χ3n) is 6.91. The number of nitrogens with zero attached hydrogens (tertiary/aromatic N) is 7. The summed E-state index contributed by atoms with van der Waals surface area (Å²) >= 11 is 0. The summed E-state index contributed by atoms with van der Waals surface area (Å²) < 4.78 is 6.40. The molecular formula is C31H34N8O6. The van der Waals surface area contributed by atoms with Gasteiger partial charge in [0.15, 0.2) is 5.78 Å². The molecule has 14 nitrogen and oxygen atoms in total. The van der Waals surface area contributed by atoms with Crippen LogP contribution in [0.2, 0.25) is 0 Å². The number of amides is 2. The lowest BCUT2D eigenvalue weighted by molar-refractivity contribution is -0.162. The Labute approximate surface area is 259 Å². The number of hydrogen-bond acceptors (Lipinski definition) is 11. The van der Waals surface area contributed by atoms with Crippen LogP contribution in [0.25, 0.3) is 0 Å². The van der Waals surface area contributed by atoms with Crippen molar-refractivity contribution in [2.75, 3.05) is 0 Å². The number of carboxylic acids is 1. The van der Waals surface area contributed by atoms with Gasteiger partial charge in [-0.2, -0.15) is 0 Å². The van der Waals surface area contributed by atoms with E-state index in [1.165, 1.54) is 13.1 Å². The van der Waals surface area contributed by atoms with E-state index in [1.807, 2.05) is 41.3 Å². The molecule has 14 heteroatoms. The highest BCUT2D eigenvalue weighted by molar-refractivity contribution is 6.14. The van der Waals surface area contributed by atoms with E-state index in [4.69, 9.17) is 10.5 Å². The lowest BCUT2D eigenvalue weighted by atomic mass is 9.93. The Kier molecular flexibility index (Phi) is 10.8. The van der Waals surface area contributed by atoms with Gasteiger partial charge in [0.05, 0.1) is 29.3 Å². The minimum absolute atomic E-state index is 0.258. The number of hydrogen-bond donors (Lipinski definition) is 2. The zero-order chi connectivity index (χ0) is 32.4. The number of carboxylic acid groups (broad SMARTS) is 1. The summed E-state index contributed by atoms with van der Waals surface area (Å²) in [5.74, 6) is -3.85. The quantitative estimate of drug-likeness (QED) is 0.198. The molecule has 0 bridgehead atoms. The molecule has 1 aromatic carbocycles. The molecule has 2 atom stereocenters. The first-order chi connectivity index (χ1) is 21.6. The molecular weight excluding hydrogens is 580 g/mol. The number of carbonyl (C=O) groups excluding carboxylic acids is 3. The molecule has 3 N–H and O–H groups in total. The van der Waals surface area contributed by atoms with Gasteiger partial charge in [-0.1, -0.05) is 47.7 Å². The van der Waals surface area contributed by atoms with Crippen LogP contribution in [-0.2, 0) is 51.9 Å². The van der Waals surface area contributed by atoms with Crippen molar-refractivity contribution in [2.45, 2.75) is 58.2 Å². The van der Waals surface area contributed by atoms with Gasteiger partial charge < -0.3 is 15.6 Å². The lowest BCUT2D eigenvalue weighted by Crippen LogP contribution is -2.65. The molecule has 0 saturated carbocycles. The maximum atomic E-state index is 13.6. The summed E-state index contributed by atoms with van der Waals surface area (Å²) in [6.45, 7) is 2.62. The number of rotatable bonds is 14. The molecule has 0 aliphatic carbocycles. The first kappa shape index (κ1) is 32.6. The number of carbonyl (C=O) groups is 4. The van der Waals surface area contributed by atoms with E-state index in [0.29, 0.717) is 30.9 Å². The maximum Gasteiger partial charge on any atom is 0.418 e. The molecule has 0 radical (unpaired) electrons. The number of imide groups is 1. The van der Waals surface area contributed by atoms with E-state index in [2.05, 4.69) is 20.3 Å². The molecule has 234 valence electrons. The average Bonchev–Trinajstić information content (AvgIpc) is 3.47. The van der Waals surface area contributed by atoms with Crippen LogP contribution in [0.3, 0.4) is 0 Å². The Bertz CT molecular complexity index is 1560. The van der Waals surface area contributed by atoms with Crippen LogP contribution in [0.1, 0.15) is 36.5 Å². The van der Waals surface area contributed by atoms with Crippen LogP contribution in [0, 0.1) is 0 Å². The van der Waals surface area contributed by atoms with Crippen molar-refractivity contribution < 1.29 is 29.0 Å². The molecule has 3 heterocycles. The van der Waals surface area contributed by atoms with Crippen molar-refractivity contribution in [3.8, 4) is 0 Å². The summed E-state index contributed by atoms with van der Waals surface area (Å²) in [6, 6.07) is 18.5. The minimum Gasteiger partial charge on any atom is -0.479 e. The second kappa shape index (κ2) is 14.9. The summed E-state index contributed by atoms with van der Waals surface area (Å²) in [5, 5.41) is 18.4. The smallest absolute Gasteiger partial charge is 0.418 e. The van der Waals surface area contributed by atoms with E-state index in [1.54, 1.807) is 42.7 Å².